The van der Waals surface area contributed by atoms with Crippen molar-refractivity contribution in [3.8, 4) is 6.07 Å². The summed E-state index contributed by atoms with van der Waals surface area (Å²) in [5.41, 5.74) is -0.253. The van der Waals surface area contributed by atoms with Gasteiger partial charge in [-0.3, -0.25) is 0 Å². The van der Waals surface area contributed by atoms with E-state index < -0.39 is 15.8 Å². The summed E-state index contributed by atoms with van der Waals surface area (Å²) in [7, 11) is -1.82. The molecule has 1 atom stereocenters. The van der Waals surface area contributed by atoms with Gasteiger partial charge in [-0.05, 0) is 44.1 Å². The topological polar surface area (TPSA) is 73.2 Å². The van der Waals surface area contributed by atoms with E-state index in [1.807, 2.05) is 7.05 Å². The SMILES string of the molecule is CNCC1CCN(S(=O)(=O)c2ccc(F)c(C#N)c2)C1. The smallest absolute Gasteiger partial charge is 0.243 e. The molecule has 1 saturated heterocycles. The molecular weight excluding hydrogens is 281 g/mol. The molecule has 2 rings (SSSR count). The normalized spacial score (nSPS) is 19.9. The number of nitrogens with one attached hydrogen (secondary N) is 1. The number of hydrogen-bond donors (Lipinski definition) is 1. The van der Waals surface area contributed by atoms with E-state index in [2.05, 4.69) is 5.32 Å². The van der Waals surface area contributed by atoms with Crippen LogP contribution in [0.2, 0.25) is 0 Å². The van der Waals surface area contributed by atoms with Crippen LogP contribution in [0.15, 0.2) is 23.1 Å². The van der Waals surface area contributed by atoms with Crippen molar-refractivity contribution in [3.05, 3.63) is 29.6 Å². The molecule has 1 fully saturated rings. The van der Waals surface area contributed by atoms with Crippen LogP contribution in [0.3, 0.4) is 0 Å². The van der Waals surface area contributed by atoms with Gasteiger partial charge in [0.2, 0.25) is 10.0 Å². The number of nitrogens with zero attached hydrogens (tertiary/aromatic N) is 2. The molecular formula is C13H16FN3O2S. The van der Waals surface area contributed by atoms with E-state index in [4.69, 9.17) is 5.26 Å². The van der Waals surface area contributed by atoms with Gasteiger partial charge in [0.05, 0.1) is 10.5 Å². The quantitative estimate of drug-likeness (QED) is 0.897. The van der Waals surface area contributed by atoms with Crippen LogP contribution in [-0.4, -0.2) is 39.4 Å². The lowest BCUT2D eigenvalue weighted by atomic mass is 10.1. The number of halogens is 1. The van der Waals surface area contributed by atoms with Gasteiger partial charge in [0.25, 0.3) is 0 Å². The Morgan fingerprint density at radius 2 is 2.30 bits per heavy atom. The molecule has 1 heterocycles. The number of rotatable bonds is 4. The lowest BCUT2D eigenvalue weighted by Gasteiger charge is -2.16. The molecule has 1 N–H and O–H groups in total. The van der Waals surface area contributed by atoms with E-state index in [1.54, 1.807) is 6.07 Å². The maximum Gasteiger partial charge on any atom is 0.243 e. The molecule has 1 aliphatic heterocycles. The zero-order valence-electron chi connectivity index (χ0n) is 11.1. The first kappa shape index (κ1) is 14.9. The molecule has 20 heavy (non-hydrogen) atoms. The van der Waals surface area contributed by atoms with Gasteiger partial charge in [-0.25, -0.2) is 12.8 Å². The van der Waals surface area contributed by atoms with Crippen LogP contribution >= 0.6 is 0 Å². The highest BCUT2D eigenvalue weighted by Gasteiger charge is 2.32. The fourth-order valence-corrected chi connectivity index (χ4v) is 3.93. The fraction of sp³-hybridized carbons (Fsp3) is 0.462. The zero-order chi connectivity index (χ0) is 14.8. The minimum absolute atomic E-state index is 0.0273. The summed E-state index contributed by atoms with van der Waals surface area (Å²) < 4.78 is 39.5. The first-order valence-corrected chi connectivity index (χ1v) is 7.77. The van der Waals surface area contributed by atoms with E-state index in [0.29, 0.717) is 13.1 Å². The summed E-state index contributed by atoms with van der Waals surface area (Å²) in [4.78, 5) is -0.0273. The Morgan fingerprint density at radius 1 is 1.55 bits per heavy atom. The average Bonchev–Trinajstić information content (AvgIpc) is 2.89. The second-order valence-corrected chi connectivity index (χ2v) is 6.77. The molecule has 108 valence electrons. The second kappa shape index (κ2) is 5.87. The molecule has 0 spiro atoms. The minimum atomic E-state index is -3.65. The predicted molar refractivity (Wildman–Crippen MR) is 71.9 cm³/mol. The number of benzene rings is 1. The third kappa shape index (κ3) is 2.82. The van der Waals surface area contributed by atoms with Gasteiger partial charge in [-0.15, -0.1) is 0 Å². The highest BCUT2D eigenvalue weighted by molar-refractivity contribution is 7.89. The molecule has 0 aliphatic carbocycles. The molecule has 5 nitrogen and oxygen atoms in total. The zero-order valence-corrected chi connectivity index (χ0v) is 12.0. The van der Waals surface area contributed by atoms with Gasteiger partial charge in [0, 0.05) is 13.1 Å². The summed E-state index contributed by atoms with van der Waals surface area (Å²) in [5, 5.41) is 11.8. The standard InChI is InChI=1S/C13H16FN3O2S/c1-16-8-10-4-5-17(9-10)20(18,19)12-2-3-13(14)11(6-12)7-15/h2-3,6,10,16H,4-5,8-9H2,1H3. The van der Waals surface area contributed by atoms with Crippen molar-refractivity contribution in [3.63, 3.8) is 0 Å². The van der Waals surface area contributed by atoms with Crippen LogP contribution < -0.4 is 5.32 Å². The van der Waals surface area contributed by atoms with Crippen LogP contribution in [0.4, 0.5) is 4.39 Å². The molecule has 0 bridgehead atoms. The first-order valence-electron chi connectivity index (χ1n) is 6.33. The largest absolute Gasteiger partial charge is 0.319 e. The Hall–Kier alpha value is -1.49. The van der Waals surface area contributed by atoms with E-state index in [1.165, 1.54) is 10.4 Å². The Kier molecular flexibility index (Phi) is 4.38. The molecule has 0 radical (unpaired) electrons. The first-order chi connectivity index (χ1) is 9.48. The molecule has 1 aromatic carbocycles. The monoisotopic (exact) mass is 297 g/mol. The lowest BCUT2D eigenvalue weighted by Crippen LogP contribution is -2.30. The van der Waals surface area contributed by atoms with Crippen molar-refractivity contribution in [2.45, 2.75) is 11.3 Å². The Morgan fingerprint density at radius 3 is 2.95 bits per heavy atom. The fourth-order valence-electron chi connectivity index (χ4n) is 2.37. The summed E-state index contributed by atoms with van der Waals surface area (Å²) in [6.45, 7) is 1.66. The van der Waals surface area contributed by atoms with Crippen molar-refractivity contribution in [2.75, 3.05) is 26.7 Å². The molecule has 0 aromatic heterocycles. The van der Waals surface area contributed by atoms with Gasteiger partial charge in [0.15, 0.2) is 0 Å². The average molecular weight is 297 g/mol. The predicted octanol–water partition coefficient (Wildman–Crippen LogP) is 0.927. The molecule has 1 aromatic rings. The Bertz CT molecular complexity index is 640. The molecule has 0 saturated carbocycles. The van der Waals surface area contributed by atoms with E-state index >= 15 is 0 Å². The maximum absolute atomic E-state index is 13.3. The second-order valence-electron chi connectivity index (χ2n) is 4.83. The van der Waals surface area contributed by atoms with Crippen molar-refractivity contribution >= 4 is 10.0 Å². The van der Waals surface area contributed by atoms with Gasteiger partial charge in [0.1, 0.15) is 11.9 Å². The van der Waals surface area contributed by atoms with Crippen LogP contribution in [-0.2, 0) is 10.0 Å². The molecule has 1 unspecified atom stereocenters. The summed E-state index contributed by atoms with van der Waals surface area (Å²) in [6.07, 6.45) is 0.798. The third-order valence-corrected chi connectivity index (χ3v) is 5.30. The van der Waals surface area contributed by atoms with Crippen molar-refractivity contribution in [1.29, 1.82) is 5.26 Å². The van der Waals surface area contributed by atoms with E-state index in [0.717, 1.165) is 25.1 Å². The van der Waals surface area contributed by atoms with Crippen LogP contribution in [0.5, 0.6) is 0 Å². The van der Waals surface area contributed by atoms with Gasteiger partial charge < -0.3 is 5.32 Å². The van der Waals surface area contributed by atoms with Gasteiger partial charge in [-0.2, -0.15) is 9.57 Å². The highest BCUT2D eigenvalue weighted by atomic mass is 32.2. The lowest BCUT2D eigenvalue weighted by molar-refractivity contribution is 0.451. The summed E-state index contributed by atoms with van der Waals surface area (Å²) in [5.74, 6) is -0.424. The van der Waals surface area contributed by atoms with Gasteiger partial charge in [-0.1, -0.05) is 0 Å². The number of sulfonamides is 1. The number of nitriles is 1. The molecule has 7 heteroatoms. The molecule has 0 amide bonds. The van der Waals surface area contributed by atoms with Crippen LogP contribution in [0, 0.1) is 23.1 Å². The maximum atomic E-state index is 13.3. The minimum Gasteiger partial charge on any atom is -0.319 e. The molecule has 1 aliphatic rings. The summed E-state index contributed by atoms with van der Waals surface area (Å²) >= 11 is 0. The van der Waals surface area contributed by atoms with E-state index in [9.17, 15) is 12.8 Å². The van der Waals surface area contributed by atoms with Gasteiger partial charge >= 0.3 is 0 Å². The Balaban J connectivity index is 2.26. The Labute approximate surface area is 118 Å². The van der Waals surface area contributed by atoms with Crippen LogP contribution in [0.1, 0.15) is 12.0 Å². The summed E-state index contributed by atoms with van der Waals surface area (Å²) in [6, 6.07) is 4.98. The highest BCUT2D eigenvalue weighted by Crippen LogP contribution is 2.25. The van der Waals surface area contributed by atoms with Crippen LogP contribution in [0.25, 0.3) is 0 Å². The van der Waals surface area contributed by atoms with Crippen molar-refractivity contribution in [2.24, 2.45) is 5.92 Å². The van der Waals surface area contributed by atoms with Crippen molar-refractivity contribution < 1.29 is 12.8 Å². The van der Waals surface area contributed by atoms with Crippen molar-refractivity contribution in [1.82, 2.24) is 9.62 Å². The van der Waals surface area contributed by atoms with E-state index in [-0.39, 0.29) is 16.4 Å². The number of hydrogen-bond acceptors (Lipinski definition) is 4. The third-order valence-electron chi connectivity index (χ3n) is 3.44.